The van der Waals surface area contributed by atoms with Crippen molar-refractivity contribution in [3.05, 3.63) is 0 Å². The van der Waals surface area contributed by atoms with Gasteiger partial charge in [-0.25, -0.2) is 0 Å². The van der Waals surface area contributed by atoms with Gasteiger partial charge in [0, 0.05) is 0 Å². The Morgan fingerprint density at radius 1 is 0.641 bits per heavy atom. The molecule has 14 atom stereocenters. The predicted octanol–water partition coefficient (Wildman–Crippen LogP) is -3.48. The molecule has 0 saturated carbocycles. The second-order valence-corrected chi connectivity index (χ2v) is 9.95. The third-order valence-electron chi connectivity index (χ3n) is 7.12. The first-order valence-electron chi connectivity index (χ1n) is 13.0. The van der Waals surface area contributed by atoms with E-state index < -0.39 is 111 Å². The molecule has 2 saturated heterocycles. The molecule has 2 heterocycles. The number of rotatable bonds is 12. The Balaban J connectivity index is 2.05. The van der Waals surface area contributed by atoms with Gasteiger partial charge in [0.05, 0.1) is 24.0 Å². The molecule has 0 aromatic heterocycles. The van der Waals surface area contributed by atoms with Crippen molar-refractivity contribution in [2.75, 3.05) is 13.2 Å². The summed E-state index contributed by atoms with van der Waals surface area (Å²) in [5.41, 5.74) is 0. The van der Waals surface area contributed by atoms with Gasteiger partial charge in [0.25, 0.3) is 0 Å². The maximum atomic E-state index is 12.2. The summed E-state index contributed by atoms with van der Waals surface area (Å²) in [7, 11) is 0. The Kier molecular flexibility index (Phi) is 12.9. The third-order valence-corrected chi connectivity index (χ3v) is 7.12. The first-order valence-corrected chi connectivity index (χ1v) is 13.0. The van der Waals surface area contributed by atoms with Gasteiger partial charge < -0.3 is 64.5 Å². The van der Waals surface area contributed by atoms with E-state index in [9.17, 15) is 50.4 Å². The number of aliphatic hydroxyl groups is 8. The van der Waals surface area contributed by atoms with Crippen LogP contribution in [0.3, 0.4) is 0 Å². The van der Waals surface area contributed by atoms with Crippen LogP contribution in [0.1, 0.15) is 40.5 Å². The van der Waals surface area contributed by atoms with Crippen molar-refractivity contribution in [3.63, 3.8) is 0 Å². The lowest BCUT2D eigenvalue weighted by Crippen LogP contribution is -2.64. The number of carbonyl (C=O) groups is 2. The largest absolute Gasteiger partial charge is 0.463 e. The Bertz CT molecular complexity index is 721. The zero-order valence-electron chi connectivity index (χ0n) is 22.3. The second kappa shape index (κ2) is 14.9. The highest BCUT2D eigenvalue weighted by Gasteiger charge is 2.50. The molecule has 39 heavy (non-hydrogen) atoms. The van der Waals surface area contributed by atoms with E-state index in [4.69, 9.17) is 23.7 Å². The van der Waals surface area contributed by atoms with Gasteiger partial charge in [-0.05, 0) is 26.7 Å². The lowest BCUT2D eigenvalue weighted by atomic mass is 9.98. The summed E-state index contributed by atoms with van der Waals surface area (Å²) in [6.07, 6.45) is -18.5. The van der Waals surface area contributed by atoms with E-state index in [2.05, 4.69) is 0 Å². The van der Waals surface area contributed by atoms with Crippen LogP contribution in [0.25, 0.3) is 0 Å². The summed E-state index contributed by atoms with van der Waals surface area (Å²) in [6, 6.07) is 0. The van der Waals surface area contributed by atoms with Gasteiger partial charge in [0.1, 0.15) is 62.0 Å². The summed E-state index contributed by atoms with van der Waals surface area (Å²) in [5, 5.41) is 81.5. The van der Waals surface area contributed by atoms with E-state index in [1.165, 1.54) is 13.8 Å². The highest BCUT2D eigenvalue weighted by atomic mass is 16.8. The minimum absolute atomic E-state index is 0.295. The Hall–Kier alpha value is -1.50. The van der Waals surface area contributed by atoms with Crippen molar-refractivity contribution < 1.29 is 74.1 Å². The normalized spacial score (nSPS) is 38.4. The van der Waals surface area contributed by atoms with Crippen molar-refractivity contribution in [2.24, 2.45) is 11.8 Å². The van der Waals surface area contributed by atoms with Gasteiger partial charge in [-0.1, -0.05) is 13.8 Å². The number of carbonyl (C=O) groups excluding carboxylic acids is 2. The summed E-state index contributed by atoms with van der Waals surface area (Å²) >= 11 is 0. The molecule has 0 bridgehead atoms. The number of ether oxygens (including phenoxy) is 5. The first kappa shape index (κ1) is 33.7. The molecule has 0 aromatic rings. The fourth-order valence-corrected chi connectivity index (χ4v) is 4.08. The number of hydrogen-bond acceptors (Lipinski definition) is 15. The quantitative estimate of drug-likeness (QED) is 0.106. The topological polar surface area (TPSA) is 242 Å². The number of aliphatic hydroxyl groups excluding tert-OH is 8. The molecule has 2 aliphatic rings. The molecule has 8 N–H and O–H groups in total. The van der Waals surface area contributed by atoms with Crippen molar-refractivity contribution >= 4 is 11.9 Å². The van der Waals surface area contributed by atoms with E-state index in [0.29, 0.717) is 12.8 Å². The van der Waals surface area contributed by atoms with Gasteiger partial charge in [-0.15, -0.1) is 0 Å². The summed E-state index contributed by atoms with van der Waals surface area (Å²) < 4.78 is 26.5. The zero-order valence-corrected chi connectivity index (χ0v) is 22.3. The van der Waals surface area contributed by atoms with Crippen LogP contribution in [0.2, 0.25) is 0 Å². The minimum atomic E-state index is -1.87. The monoisotopic (exact) mass is 570 g/mol. The van der Waals surface area contributed by atoms with E-state index >= 15 is 0 Å². The number of hydrogen-bond donors (Lipinski definition) is 8. The molecule has 0 aromatic carbocycles. The molecular formula is C24H42O15. The maximum absolute atomic E-state index is 12.2. The smallest absolute Gasteiger partial charge is 0.311 e. The highest BCUT2D eigenvalue weighted by Crippen LogP contribution is 2.29. The fourth-order valence-electron chi connectivity index (χ4n) is 4.08. The predicted molar refractivity (Wildman–Crippen MR) is 127 cm³/mol. The van der Waals surface area contributed by atoms with Crippen LogP contribution in [0.5, 0.6) is 0 Å². The average molecular weight is 571 g/mol. The van der Waals surface area contributed by atoms with Crippen LogP contribution < -0.4 is 0 Å². The molecule has 6 unspecified atom stereocenters. The molecule has 15 heteroatoms. The minimum Gasteiger partial charge on any atom is -0.463 e. The van der Waals surface area contributed by atoms with Gasteiger partial charge in [-0.3, -0.25) is 9.59 Å². The molecule has 2 fully saturated rings. The fraction of sp³-hybridized carbons (Fsp3) is 0.917. The Morgan fingerprint density at radius 2 is 0.974 bits per heavy atom. The van der Waals surface area contributed by atoms with Gasteiger partial charge in [-0.2, -0.15) is 0 Å². The molecule has 2 rings (SSSR count). The van der Waals surface area contributed by atoms with E-state index in [1.54, 1.807) is 13.8 Å². The lowest BCUT2D eigenvalue weighted by Gasteiger charge is -2.44. The Labute approximate surface area is 225 Å². The lowest BCUT2D eigenvalue weighted by molar-refractivity contribution is -0.376. The summed E-state index contributed by atoms with van der Waals surface area (Å²) in [5.74, 6) is -3.34. The molecule has 0 aliphatic carbocycles. The van der Waals surface area contributed by atoms with Gasteiger partial charge in [0.15, 0.2) is 12.6 Å². The van der Waals surface area contributed by atoms with E-state index in [0.717, 1.165) is 0 Å². The molecule has 0 spiro atoms. The standard InChI is InChI=1S/C24H42O15/c1-5-11(25)9(3)21(33)35-7-13-15(27)17(29)19(31)23(37-13)39-24-20(32)18(30)16(28)14(38-24)8-36-22(34)10(4)12(26)6-2/h9-20,23-32H,5-8H2,1-4H3/t9-,10-,11-,12-,13?,14?,15-,16-,17?,18?,19?,20?,23-,24-/m1/s1. The van der Waals surface area contributed by atoms with Crippen LogP contribution in [0, 0.1) is 11.8 Å². The van der Waals surface area contributed by atoms with Crippen molar-refractivity contribution in [2.45, 2.75) is 114 Å². The Morgan fingerprint density at radius 3 is 1.28 bits per heavy atom. The SMILES string of the molecule is CC[C@@H](O)[C@@H](C)C(=O)OCC1O[C@H](O[C@H]2OC(COC(=O)[C@H](C)[C@H](O)CC)[C@@H](O)C(O)C2O)C(O)C(O)[C@@H]1O. The average Bonchev–Trinajstić information content (AvgIpc) is 2.93. The molecule has 2 aliphatic heterocycles. The first-order chi connectivity index (χ1) is 18.2. The maximum Gasteiger partial charge on any atom is 0.311 e. The van der Waals surface area contributed by atoms with E-state index in [-0.39, 0.29) is 0 Å². The van der Waals surface area contributed by atoms with Crippen LogP contribution in [-0.2, 0) is 33.3 Å². The summed E-state index contributed by atoms with van der Waals surface area (Å²) in [6.45, 7) is 5.07. The van der Waals surface area contributed by atoms with Crippen LogP contribution in [0.15, 0.2) is 0 Å². The third kappa shape index (κ3) is 8.27. The van der Waals surface area contributed by atoms with Crippen LogP contribution in [0.4, 0.5) is 0 Å². The van der Waals surface area contributed by atoms with Crippen LogP contribution >= 0.6 is 0 Å². The molecule has 0 radical (unpaired) electrons. The molecular weight excluding hydrogens is 528 g/mol. The van der Waals surface area contributed by atoms with Gasteiger partial charge >= 0.3 is 11.9 Å². The van der Waals surface area contributed by atoms with Crippen molar-refractivity contribution in [1.29, 1.82) is 0 Å². The molecule has 15 nitrogen and oxygen atoms in total. The highest BCUT2D eigenvalue weighted by molar-refractivity contribution is 5.73. The second-order valence-electron chi connectivity index (χ2n) is 9.95. The van der Waals surface area contributed by atoms with Crippen LogP contribution in [-0.4, -0.2) is 140 Å². The van der Waals surface area contributed by atoms with Crippen molar-refractivity contribution in [3.8, 4) is 0 Å². The zero-order chi connectivity index (χ0) is 29.6. The van der Waals surface area contributed by atoms with Crippen molar-refractivity contribution in [1.82, 2.24) is 0 Å². The molecule has 228 valence electrons. The molecule has 0 amide bonds. The summed E-state index contributed by atoms with van der Waals surface area (Å²) in [4.78, 5) is 24.3. The van der Waals surface area contributed by atoms with Gasteiger partial charge in [0.2, 0.25) is 0 Å². The number of esters is 2. The van der Waals surface area contributed by atoms with E-state index in [1.807, 2.05) is 0 Å².